The van der Waals surface area contributed by atoms with Gasteiger partial charge < -0.3 is 9.84 Å². The summed E-state index contributed by atoms with van der Waals surface area (Å²) in [6.45, 7) is 1.24. The molecule has 1 N–H and O–H groups in total. The van der Waals surface area contributed by atoms with Gasteiger partial charge in [-0.3, -0.25) is 4.79 Å². The molecule has 1 unspecified atom stereocenters. The fraction of sp³-hybridized carbons (Fsp3) is 0.300. The number of ketones is 1. The van der Waals surface area contributed by atoms with E-state index >= 15 is 0 Å². The maximum atomic E-state index is 11.9. The lowest BCUT2D eigenvalue weighted by Gasteiger charge is -2.10. The molecular formula is C10H9F3O3. The number of Topliss-reactive ketones (excluding diaryl/α,β-unsaturated/α-hetero) is 1. The summed E-state index contributed by atoms with van der Waals surface area (Å²) in [4.78, 5) is 11.3. The Balaban J connectivity index is 2.91. The lowest BCUT2D eigenvalue weighted by Crippen LogP contribution is -2.19. The van der Waals surface area contributed by atoms with Crippen LogP contribution in [0.1, 0.15) is 17.3 Å². The predicted molar refractivity (Wildman–Crippen MR) is 49.1 cm³/mol. The zero-order valence-electron chi connectivity index (χ0n) is 8.28. The highest BCUT2D eigenvalue weighted by molar-refractivity contribution is 5.99. The van der Waals surface area contributed by atoms with Crippen LogP contribution in [0.2, 0.25) is 0 Å². The maximum absolute atomic E-state index is 11.9. The van der Waals surface area contributed by atoms with Gasteiger partial charge in [-0.1, -0.05) is 12.1 Å². The number of hydrogen-bond acceptors (Lipinski definition) is 3. The number of alkyl halides is 3. The minimum absolute atomic E-state index is 0.0308. The zero-order valence-corrected chi connectivity index (χ0v) is 8.28. The van der Waals surface area contributed by atoms with Crippen LogP contribution >= 0.6 is 0 Å². The largest absolute Gasteiger partial charge is 0.573 e. The Morgan fingerprint density at radius 3 is 2.56 bits per heavy atom. The van der Waals surface area contributed by atoms with Gasteiger partial charge in [-0.2, -0.15) is 0 Å². The smallest absolute Gasteiger partial charge is 0.406 e. The van der Waals surface area contributed by atoms with E-state index in [-0.39, 0.29) is 5.56 Å². The second-order valence-electron chi connectivity index (χ2n) is 3.12. The summed E-state index contributed by atoms with van der Waals surface area (Å²) in [7, 11) is 0. The molecule has 0 heterocycles. The number of aliphatic hydroxyl groups excluding tert-OH is 1. The minimum atomic E-state index is -4.80. The number of carbonyl (C=O) groups is 1. The van der Waals surface area contributed by atoms with Gasteiger partial charge in [0.05, 0.1) is 0 Å². The summed E-state index contributed by atoms with van der Waals surface area (Å²) in [6.07, 6.45) is -6.06. The van der Waals surface area contributed by atoms with Crippen LogP contribution in [0, 0.1) is 0 Å². The van der Waals surface area contributed by atoms with Crippen LogP contribution in [-0.4, -0.2) is 23.4 Å². The van der Waals surface area contributed by atoms with E-state index in [2.05, 4.69) is 4.74 Å². The van der Waals surface area contributed by atoms with Crippen LogP contribution < -0.4 is 4.74 Å². The van der Waals surface area contributed by atoms with E-state index in [4.69, 9.17) is 5.11 Å². The van der Waals surface area contributed by atoms with Gasteiger partial charge in [-0.25, -0.2) is 0 Å². The lowest BCUT2D eigenvalue weighted by atomic mass is 10.1. The van der Waals surface area contributed by atoms with Crippen molar-refractivity contribution in [3.05, 3.63) is 29.8 Å². The van der Waals surface area contributed by atoms with E-state index < -0.39 is 24.0 Å². The second kappa shape index (κ2) is 4.52. The molecule has 0 saturated heterocycles. The first-order chi connectivity index (χ1) is 7.29. The summed E-state index contributed by atoms with van der Waals surface area (Å²) in [5.41, 5.74) is -0.0308. The molecule has 6 heteroatoms. The van der Waals surface area contributed by atoms with Crippen LogP contribution in [0.3, 0.4) is 0 Å². The minimum Gasteiger partial charge on any atom is -0.406 e. The second-order valence-corrected chi connectivity index (χ2v) is 3.12. The fourth-order valence-electron chi connectivity index (χ4n) is 1.09. The molecule has 3 nitrogen and oxygen atoms in total. The molecule has 0 aliphatic carbocycles. The molecule has 0 radical (unpaired) electrons. The van der Waals surface area contributed by atoms with E-state index in [9.17, 15) is 18.0 Å². The van der Waals surface area contributed by atoms with Crippen molar-refractivity contribution >= 4 is 5.78 Å². The Morgan fingerprint density at radius 2 is 2.06 bits per heavy atom. The number of hydrogen-bond donors (Lipinski definition) is 1. The van der Waals surface area contributed by atoms with Gasteiger partial charge in [0.15, 0.2) is 5.78 Å². The third-order valence-electron chi connectivity index (χ3n) is 1.73. The van der Waals surface area contributed by atoms with Crippen molar-refractivity contribution in [2.45, 2.75) is 19.4 Å². The number of benzene rings is 1. The Kier molecular flexibility index (Phi) is 3.54. The molecule has 0 saturated carbocycles. The monoisotopic (exact) mass is 234 g/mol. The van der Waals surface area contributed by atoms with Crippen molar-refractivity contribution in [1.29, 1.82) is 0 Å². The van der Waals surface area contributed by atoms with Crippen molar-refractivity contribution in [3.8, 4) is 5.75 Å². The SMILES string of the molecule is CC(O)C(=O)c1cccc(OC(F)(F)F)c1. The van der Waals surface area contributed by atoms with Crippen LogP contribution in [0.25, 0.3) is 0 Å². The molecule has 0 aliphatic heterocycles. The molecule has 0 aromatic heterocycles. The van der Waals surface area contributed by atoms with E-state index in [1.165, 1.54) is 19.1 Å². The van der Waals surface area contributed by atoms with E-state index in [1.54, 1.807) is 0 Å². The Morgan fingerprint density at radius 1 is 1.44 bits per heavy atom. The maximum Gasteiger partial charge on any atom is 0.573 e. The molecule has 1 rings (SSSR count). The van der Waals surface area contributed by atoms with Gasteiger partial charge in [0.2, 0.25) is 0 Å². The summed E-state index contributed by atoms with van der Waals surface area (Å²) in [5, 5.41) is 8.99. The van der Waals surface area contributed by atoms with Crippen LogP contribution in [0.15, 0.2) is 24.3 Å². The highest BCUT2D eigenvalue weighted by Crippen LogP contribution is 2.23. The lowest BCUT2D eigenvalue weighted by molar-refractivity contribution is -0.274. The predicted octanol–water partition coefficient (Wildman–Crippen LogP) is 2.15. The number of rotatable bonds is 3. The Labute approximate surface area is 89.5 Å². The molecule has 1 aromatic carbocycles. The van der Waals surface area contributed by atoms with Crippen molar-refractivity contribution in [2.24, 2.45) is 0 Å². The van der Waals surface area contributed by atoms with Crippen LogP contribution in [-0.2, 0) is 0 Å². The first-order valence-electron chi connectivity index (χ1n) is 4.37. The number of aliphatic hydroxyl groups is 1. The quantitative estimate of drug-likeness (QED) is 0.815. The van der Waals surface area contributed by atoms with Gasteiger partial charge in [0.1, 0.15) is 11.9 Å². The Bertz CT molecular complexity index is 385. The summed E-state index contributed by atoms with van der Waals surface area (Å²) in [6, 6.07) is 4.56. The molecule has 16 heavy (non-hydrogen) atoms. The molecule has 0 spiro atoms. The van der Waals surface area contributed by atoms with Crippen molar-refractivity contribution < 1.29 is 27.8 Å². The first-order valence-corrected chi connectivity index (χ1v) is 4.37. The third kappa shape index (κ3) is 3.54. The zero-order chi connectivity index (χ0) is 12.3. The average Bonchev–Trinajstić information content (AvgIpc) is 2.14. The summed E-state index contributed by atoms with van der Waals surface area (Å²) in [5.74, 6) is -1.15. The topological polar surface area (TPSA) is 46.5 Å². The molecule has 0 amide bonds. The molecule has 0 bridgehead atoms. The van der Waals surface area contributed by atoms with E-state index in [0.29, 0.717) is 0 Å². The van der Waals surface area contributed by atoms with Gasteiger partial charge in [-0.15, -0.1) is 13.2 Å². The van der Waals surface area contributed by atoms with Gasteiger partial charge in [0, 0.05) is 5.56 Å². The molecule has 0 fully saturated rings. The molecule has 0 aliphatic rings. The van der Waals surface area contributed by atoms with Crippen LogP contribution in [0.4, 0.5) is 13.2 Å². The Hall–Kier alpha value is -1.56. The molecule has 1 atom stereocenters. The highest BCUT2D eigenvalue weighted by Gasteiger charge is 2.31. The number of carbonyl (C=O) groups excluding carboxylic acids is 1. The first kappa shape index (κ1) is 12.5. The fourth-order valence-corrected chi connectivity index (χ4v) is 1.09. The van der Waals surface area contributed by atoms with Gasteiger partial charge >= 0.3 is 6.36 Å². The number of halogens is 3. The number of ether oxygens (including phenoxy) is 1. The van der Waals surface area contributed by atoms with Crippen molar-refractivity contribution in [1.82, 2.24) is 0 Å². The standard InChI is InChI=1S/C10H9F3O3/c1-6(14)9(15)7-3-2-4-8(5-7)16-10(11,12)13/h2-6,14H,1H3. The van der Waals surface area contributed by atoms with Crippen molar-refractivity contribution in [2.75, 3.05) is 0 Å². The molecule has 1 aromatic rings. The van der Waals surface area contributed by atoms with Gasteiger partial charge in [0.25, 0.3) is 0 Å². The van der Waals surface area contributed by atoms with E-state index in [1.807, 2.05) is 0 Å². The third-order valence-corrected chi connectivity index (χ3v) is 1.73. The highest BCUT2D eigenvalue weighted by atomic mass is 19.4. The van der Waals surface area contributed by atoms with Gasteiger partial charge in [-0.05, 0) is 19.1 Å². The summed E-state index contributed by atoms with van der Waals surface area (Å²) < 4.78 is 39.3. The van der Waals surface area contributed by atoms with Crippen LogP contribution in [0.5, 0.6) is 5.75 Å². The normalized spacial score (nSPS) is 13.3. The summed E-state index contributed by atoms with van der Waals surface area (Å²) >= 11 is 0. The molecule has 88 valence electrons. The average molecular weight is 234 g/mol. The molecular weight excluding hydrogens is 225 g/mol. The van der Waals surface area contributed by atoms with E-state index in [0.717, 1.165) is 12.1 Å². The van der Waals surface area contributed by atoms with Crippen molar-refractivity contribution in [3.63, 3.8) is 0 Å².